The molecule has 3 aromatic rings. The van der Waals surface area contributed by atoms with E-state index in [0.29, 0.717) is 6.04 Å². The third-order valence-electron chi connectivity index (χ3n) is 7.67. The van der Waals surface area contributed by atoms with Crippen molar-refractivity contribution in [2.75, 3.05) is 13.7 Å². The van der Waals surface area contributed by atoms with E-state index in [9.17, 15) is 0 Å². The summed E-state index contributed by atoms with van der Waals surface area (Å²) in [4.78, 5) is 13.3. The van der Waals surface area contributed by atoms with E-state index in [0.717, 1.165) is 42.7 Å². The van der Waals surface area contributed by atoms with Gasteiger partial charge in [0.15, 0.2) is 11.9 Å². The maximum Gasteiger partial charge on any atom is 0.260 e. The number of aromatic nitrogens is 4. The first kappa shape index (κ1) is 23.4. The Labute approximate surface area is 206 Å². The molecule has 3 aliphatic rings. The van der Waals surface area contributed by atoms with Crippen LogP contribution in [-0.2, 0) is 24.1 Å². The molecule has 0 N–H and O–H groups in total. The number of fused-ring (bicyclic) bond motifs is 2. The Balaban J connectivity index is 1.30. The Kier molecular flexibility index (Phi) is 6.11. The van der Waals surface area contributed by atoms with E-state index in [1.807, 2.05) is 17.6 Å². The van der Waals surface area contributed by atoms with Crippen molar-refractivity contribution in [1.29, 1.82) is 0 Å². The molecule has 0 amide bonds. The number of rotatable bonds is 6. The smallest absolute Gasteiger partial charge is 0.260 e. The first-order valence-corrected chi connectivity index (χ1v) is 13.5. The van der Waals surface area contributed by atoms with Gasteiger partial charge in [0.2, 0.25) is 0 Å². The molecule has 0 aliphatic carbocycles. The number of nitrogens with zero attached hydrogens (tertiary/aromatic N) is 5. The maximum absolute atomic E-state index is 6.83. The quantitative estimate of drug-likeness (QED) is 0.461. The molecule has 3 aliphatic heterocycles. The van der Waals surface area contributed by atoms with E-state index >= 15 is 0 Å². The monoisotopic (exact) mass is 497 g/mol. The summed E-state index contributed by atoms with van der Waals surface area (Å²) in [6.45, 7) is 7.23. The number of ether oxygens (including phenoxy) is 2. The highest BCUT2D eigenvalue weighted by Crippen LogP contribution is 2.64. The fourth-order valence-electron chi connectivity index (χ4n) is 5.78. The molecule has 1 unspecified atom stereocenters. The number of aryl methyl sites for hydroxylation is 1. The van der Waals surface area contributed by atoms with Gasteiger partial charge in [0.05, 0.1) is 24.2 Å². The molecule has 3 fully saturated rings. The van der Waals surface area contributed by atoms with Crippen molar-refractivity contribution in [3.05, 3.63) is 54.2 Å². The predicted molar refractivity (Wildman–Crippen MR) is 131 cm³/mol. The Morgan fingerprint density at radius 3 is 2.77 bits per heavy atom. The largest absolute Gasteiger partial charge is 0.374 e. The molecule has 0 bridgehead atoms. The van der Waals surface area contributed by atoms with Crippen molar-refractivity contribution in [3.63, 3.8) is 0 Å². The summed E-state index contributed by atoms with van der Waals surface area (Å²) in [6, 6.07) is 10.8. The highest BCUT2D eigenvalue weighted by Gasteiger charge is 2.57. The molecule has 186 valence electrons. The van der Waals surface area contributed by atoms with Crippen molar-refractivity contribution >= 4 is 19.7 Å². The lowest BCUT2D eigenvalue weighted by molar-refractivity contribution is -0.0494. The second-order valence-corrected chi connectivity index (χ2v) is 11.0. The lowest BCUT2D eigenvalue weighted by Gasteiger charge is -2.29. The van der Waals surface area contributed by atoms with Gasteiger partial charge in [-0.25, -0.2) is 19.6 Å². The van der Waals surface area contributed by atoms with E-state index in [2.05, 4.69) is 57.7 Å². The molecule has 3 saturated heterocycles. The number of imidazole rings is 1. The first-order valence-electron chi connectivity index (χ1n) is 12.4. The second-order valence-electron chi connectivity index (χ2n) is 9.65. The first-order chi connectivity index (χ1) is 17.0. The van der Waals surface area contributed by atoms with Crippen LogP contribution in [0.2, 0.25) is 0 Å². The van der Waals surface area contributed by atoms with Gasteiger partial charge in [-0.3, -0.25) is 4.57 Å². The van der Waals surface area contributed by atoms with E-state index in [1.54, 1.807) is 19.8 Å². The minimum absolute atomic E-state index is 0.138. The van der Waals surface area contributed by atoms with Gasteiger partial charge in [-0.1, -0.05) is 37.3 Å². The predicted octanol–water partition coefficient (Wildman–Crippen LogP) is 4.48. The number of hydrogen-bond acceptors (Lipinski definition) is 8. The Morgan fingerprint density at radius 1 is 1.17 bits per heavy atom. The Morgan fingerprint density at radius 2 is 2.00 bits per heavy atom. The molecule has 35 heavy (non-hydrogen) atoms. The summed E-state index contributed by atoms with van der Waals surface area (Å²) in [5.74, 6) is 0. The van der Waals surface area contributed by atoms with Gasteiger partial charge in [0.25, 0.3) is 8.53 Å². The lowest BCUT2D eigenvalue weighted by Crippen LogP contribution is -2.37. The van der Waals surface area contributed by atoms with Gasteiger partial charge in [0.1, 0.15) is 29.7 Å². The van der Waals surface area contributed by atoms with Crippen LogP contribution in [-0.4, -0.2) is 62.2 Å². The maximum atomic E-state index is 6.83. The number of benzene rings is 1. The fourth-order valence-corrected chi connectivity index (χ4v) is 7.93. The minimum Gasteiger partial charge on any atom is -0.374 e. The van der Waals surface area contributed by atoms with Crippen molar-refractivity contribution < 1.29 is 18.5 Å². The zero-order valence-electron chi connectivity index (χ0n) is 20.6. The van der Waals surface area contributed by atoms with Crippen LogP contribution in [0.4, 0.5) is 0 Å². The molecule has 0 saturated carbocycles. The minimum atomic E-state index is -1.27. The summed E-state index contributed by atoms with van der Waals surface area (Å²) >= 11 is 0. The normalized spacial score (nSPS) is 35.2. The zero-order chi connectivity index (χ0) is 24.2. The Hall–Kier alpha value is -2.00. The topological polar surface area (TPSA) is 83.8 Å². The molecule has 6 rings (SSSR count). The third kappa shape index (κ3) is 3.72. The van der Waals surface area contributed by atoms with Crippen LogP contribution in [0.5, 0.6) is 0 Å². The highest BCUT2D eigenvalue weighted by molar-refractivity contribution is 7.45. The summed E-state index contributed by atoms with van der Waals surface area (Å²) in [7, 11) is 0.446. The van der Waals surface area contributed by atoms with E-state index in [1.165, 1.54) is 5.56 Å². The van der Waals surface area contributed by atoms with Crippen LogP contribution < -0.4 is 0 Å². The van der Waals surface area contributed by atoms with Gasteiger partial charge in [-0.2, -0.15) is 0 Å². The van der Waals surface area contributed by atoms with Crippen LogP contribution in [0.1, 0.15) is 50.6 Å². The van der Waals surface area contributed by atoms with Gasteiger partial charge < -0.3 is 18.5 Å². The van der Waals surface area contributed by atoms with Gasteiger partial charge >= 0.3 is 0 Å². The fraction of sp³-hybridized carbons (Fsp3) is 0.560. The highest BCUT2D eigenvalue weighted by atomic mass is 31.2. The van der Waals surface area contributed by atoms with Crippen molar-refractivity contribution in [2.45, 2.75) is 76.2 Å². The molecular formula is C25H32N5O4P. The van der Waals surface area contributed by atoms with Crippen LogP contribution in [0, 0.1) is 6.92 Å². The van der Waals surface area contributed by atoms with Crippen LogP contribution in [0.15, 0.2) is 43.0 Å². The zero-order valence-corrected chi connectivity index (χ0v) is 21.5. The number of methoxy groups -OCH3 is 1. The molecule has 5 heterocycles. The van der Waals surface area contributed by atoms with Gasteiger partial charge in [0, 0.05) is 13.7 Å². The molecule has 2 aromatic heterocycles. The SMILES string of the molecule is CC[C@H]1O[C@@H](n2cnc3c(C)ncnc32)[C@@H](OC)C1O[P@]1O[C@@](C)(c2ccccc2)[C@H]2CCCN21. The van der Waals surface area contributed by atoms with Gasteiger partial charge in [-0.15, -0.1) is 0 Å². The summed E-state index contributed by atoms with van der Waals surface area (Å²) < 4.78 is 30.5. The molecular weight excluding hydrogens is 465 g/mol. The molecule has 0 spiro atoms. The number of hydrogen-bond donors (Lipinski definition) is 0. The van der Waals surface area contributed by atoms with Gasteiger partial charge in [-0.05, 0) is 38.7 Å². The molecule has 0 radical (unpaired) electrons. The van der Waals surface area contributed by atoms with Crippen molar-refractivity contribution in [1.82, 2.24) is 24.2 Å². The molecule has 1 aromatic carbocycles. The van der Waals surface area contributed by atoms with E-state index < -0.39 is 20.4 Å². The standard InChI is InChI=1S/C25H32N5O4P/c1-5-18-21(22(31-4)24(32-18)29-15-28-20-16(2)26-14-27-23(20)29)33-35-30-13-9-12-19(30)25(3,34-35)17-10-7-6-8-11-17/h6-8,10-11,14-15,18-19,21-22,24H,5,9,12-13H2,1-4H3/t18-,19-,21?,22+,24-,25+,35-/m1/s1. The van der Waals surface area contributed by atoms with E-state index in [-0.39, 0.29) is 18.3 Å². The molecule has 10 heteroatoms. The van der Waals surface area contributed by atoms with Crippen molar-refractivity contribution in [3.8, 4) is 0 Å². The Bertz CT molecular complexity index is 1200. The summed E-state index contributed by atoms with van der Waals surface area (Å²) in [5, 5.41) is 0. The second kappa shape index (κ2) is 9.14. The average molecular weight is 498 g/mol. The molecule has 7 atom stereocenters. The van der Waals surface area contributed by atoms with Crippen LogP contribution >= 0.6 is 8.53 Å². The lowest BCUT2D eigenvalue weighted by atomic mass is 9.87. The summed E-state index contributed by atoms with van der Waals surface area (Å²) in [6.07, 6.45) is 5.22. The van der Waals surface area contributed by atoms with Crippen molar-refractivity contribution in [2.24, 2.45) is 0 Å². The molecule has 9 nitrogen and oxygen atoms in total. The van der Waals surface area contributed by atoms with Crippen LogP contribution in [0.3, 0.4) is 0 Å². The third-order valence-corrected chi connectivity index (χ3v) is 9.53. The average Bonchev–Trinajstić information content (AvgIpc) is 3.64. The van der Waals surface area contributed by atoms with Crippen LogP contribution in [0.25, 0.3) is 11.2 Å². The van der Waals surface area contributed by atoms with E-state index in [4.69, 9.17) is 18.5 Å². The summed E-state index contributed by atoms with van der Waals surface area (Å²) in [5.41, 5.74) is 3.14.